The standard InChI is InChI=1S/C54H43N/c1-34-18-8-12-24-41(34)48-33-47-44-27-15-11-23-40(44)32-50(47)54(52(48)42-25-13-9-19-35(42)2)55(51-29-17-16-28-45(51)38-20-6-5-7-21-38)53-37(4)36(3)30-46-43-26-14-10-22-39(43)31-49(46)53/h5-30,33H,31-32H2,1-4H3. The Morgan fingerprint density at radius 2 is 0.855 bits per heavy atom. The number of fused-ring (bicyclic) bond motifs is 6. The van der Waals surface area contributed by atoms with Crippen molar-refractivity contribution in [3.8, 4) is 55.6 Å². The highest BCUT2D eigenvalue weighted by Crippen LogP contribution is 2.58. The van der Waals surface area contributed by atoms with Crippen molar-refractivity contribution < 1.29 is 0 Å². The monoisotopic (exact) mass is 705 g/mol. The molecule has 0 spiro atoms. The fraction of sp³-hybridized carbons (Fsp3) is 0.111. The maximum Gasteiger partial charge on any atom is 0.0588 e. The number of hydrogen-bond acceptors (Lipinski definition) is 1. The van der Waals surface area contributed by atoms with E-state index in [-0.39, 0.29) is 0 Å². The number of nitrogens with zero attached hydrogens (tertiary/aromatic N) is 1. The van der Waals surface area contributed by atoms with Crippen molar-refractivity contribution in [1.82, 2.24) is 0 Å². The first-order chi connectivity index (χ1) is 27.0. The first-order valence-corrected chi connectivity index (χ1v) is 19.5. The summed E-state index contributed by atoms with van der Waals surface area (Å²) in [4.78, 5) is 2.71. The first kappa shape index (κ1) is 33.2. The minimum absolute atomic E-state index is 0.866. The number of para-hydroxylation sites is 1. The zero-order chi connectivity index (χ0) is 37.2. The summed E-state index contributed by atoms with van der Waals surface area (Å²) >= 11 is 0. The molecule has 0 aromatic heterocycles. The summed E-state index contributed by atoms with van der Waals surface area (Å²) in [6.45, 7) is 9.18. The first-order valence-electron chi connectivity index (χ1n) is 19.5. The van der Waals surface area contributed by atoms with Crippen molar-refractivity contribution >= 4 is 17.1 Å². The fourth-order valence-corrected chi connectivity index (χ4v) is 9.40. The van der Waals surface area contributed by atoms with Crippen molar-refractivity contribution in [3.63, 3.8) is 0 Å². The van der Waals surface area contributed by atoms with Crippen LogP contribution in [0.25, 0.3) is 55.6 Å². The van der Waals surface area contributed by atoms with Crippen LogP contribution in [0.2, 0.25) is 0 Å². The Balaban J connectivity index is 1.42. The average Bonchev–Trinajstić information content (AvgIpc) is 3.78. The zero-order valence-electron chi connectivity index (χ0n) is 31.9. The van der Waals surface area contributed by atoms with Crippen molar-refractivity contribution in [2.45, 2.75) is 40.5 Å². The van der Waals surface area contributed by atoms with Crippen LogP contribution >= 0.6 is 0 Å². The summed E-state index contributed by atoms with van der Waals surface area (Å²) in [7, 11) is 0. The summed E-state index contributed by atoms with van der Waals surface area (Å²) in [6, 6.07) is 61.0. The average molecular weight is 706 g/mol. The largest absolute Gasteiger partial charge is 0.308 e. The number of anilines is 3. The van der Waals surface area contributed by atoms with Gasteiger partial charge >= 0.3 is 0 Å². The minimum atomic E-state index is 0.866. The predicted octanol–water partition coefficient (Wildman–Crippen LogP) is 14.5. The molecule has 0 fully saturated rings. The fourth-order valence-electron chi connectivity index (χ4n) is 9.40. The van der Waals surface area contributed by atoms with Crippen molar-refractivity contribution in [3.05, 3.63) is 208 Å². The van der Waals surface area contributed by atoms with Gasteiger partial charge in [-0.15, -0.1) is 0 Å². The van der Waals surface area contributed by atoms with E-state index >= 15 is 0 Å². The van der Waals surface area contributed by atoms with Crippen LogP contribution in [0.1, 0.15) is 44.5 Å². The predicted molar refractivity (Wildman–Crippen MR) is 233 cm³/mol. The van der Waals surface area contributed by atoms with Gasteiger partial charge in [-0.2, -0.15) is 0 Å². The van der Waals surface area contributed by atoms with E-state index in [1.54, 1.807) is 0 Å². The second kappa shape index (κ2) is 13.1. The third-order valence-corrected chi connectivity index (χ3v) is 12.2. The lowest BCUT2D eigenvalue weighted by molar-refractivity contribution is 1.14. The summed E-state index contributed by atoms with van der Waals surface area (Å²) in [5.74, 6) is 0. The molecule has 264 valence electrons. The maximum atomic E-state index is 2.71. The van der Waals surface area contributed by atoms with E-state index < -0.39 is 0 Å². The zero-order valence-corrected chi connectivity index (χ0v) is 31.9. The summed E-state index contributed by atoms with van der Waals surface area (Å²) < 4.78 is 0. The van der Waals surface area contributed by atoms with Crippen LogP contribution in [-0.2, 0) is 12.8 Å². The lowest BCUT2D eigenvalue weighted by atomic mass is 9.83. The molecule has 0 heterocycles. The summed E-state index contributed by atoms with van der Waals surface area (Å²) in [6.07, 6.45) is 1.76. The molecule has 0 atom stereocenters. The molecule has 0 bridgehead atoms. The Hall–Kier alpha value is -6.44. The molecule has 0 saturated carbocycles. The third-order valence-electron chi connectivity index (χ3n) is 12.2. The quantitative estimate of drug-likeness (QED) is 0.166. The SMILES string of the molecule is Cc1ccccc1-c1cc2c(c(N(c3ccccc3-c3ccccc3)c3c(C)c(C)cc4c3Cc3ccccc3-4)c1-c1ccccc1C)Cc1ccccc1-2. The lowest BCUT2D eigenvalue weighted by Gasteiger charge is -2.36. The van der Waals surface area contributed by atoms with E-state index in [9.17, 15) is 0 Å². The van der Waals surface area contributed by atoms with Gasteiger partial charge in [0.1, 0.15) is 0 Å². The Kier molecular flexibility index (Phi) is 7.92. The van der Waals surface area contributed by atoms with Crippen LogP contribution in [0.5, 0.6) is 0 Å². The molecule has 1 nitrogen and oxygen atoms in total. The van der Waals surface area contributed by atoms with Crippen molar-refractivity contribution in [2.24, 2.45) is 0 Å². The van der Waals surface area contributed by atoms with Gasteiger partial charge in [0, 0.05) is 24.0 Å². The molecule has 10 rings (SSSR count). The highest BCUT2D eigenvalue weighted by atomic mass is 15.2. The van der Waals surface area contributed by atoms with Gasteiger partial charge in [0.2, 0.25) is 0 Å². The molecule has 0 amide bonds. The van der Waals surface area contributed by atoms with Gasteiger partial charge in [0.25, 0.3) is 0 Å². The molecule has 0 radical (unpaired) electrons. The van der Waals surface area contributed by atoms with E-state index in [2.05, 4.69) is 196 Å². The Morgan fingerprint density at radius 1 is 0.364 bits per heavy atom. The van der Waals surface area contributed by atoms with Crippen LogP contribution in [-0.4, -0.2) is 0 Å². The molecule has 0 saturated heterocycles. The van der Waals surface area contributed by atoms with Gasteiger partial charge in [0.05, 0.1) is 17.1 Å². The molecular formula is C54H43N. The molecule has 2 aliphatic carbocycles. The molecule has 0 N–H and O–H groups in total. The molecule has 0 aliphatic heterocycles. The normalized spacial score (nSPS) is 12.2. The van der Waals surface area contributed by atoms with Crippen molar-refractivity contribution in [1.29, 1.82) is 0 Å². The van der Waals surface area contributed by atoms with Crippen LogP contribution in [0.4, 0.5) is 17.1 Å². The topological polar surface area (TPSA) is 3.24 Å². The van der Waals surface area contributed by atoms with Gasteiger partial charge in [-0.25, -0.2) is 0 Å². The highest BCUT2D eigenvalue weighted by molar-refractivity contribution is 6.07. The highest BCUT2D eigenvalue weighted by Gasteiger charge is 2.35. The van der Waals surface area contributed by atoms with E-state index in [0.29, 0.717) is 0 Å². The van der Waals surface area contributed by atoms with Gasteiger partial charge in [-0.3, -0.25) is 0 Å². The molecule has 0 unspecified atom stereocenters. The van der Waals surface area contributed by atoms with Gasteiger partial charge in [-0.05, 0) is 129 Å². The minimum Gasteiger partial charge on any atom is -0.308 e. The Labute approximate surface area is 325 Å². The summed E-state index contributed by atoms with van der Waals surface area (Å²) in [5, 5.41) is 0. The van der Waals surface area contributed by atoms with E-state index in [1.165, 1.54) is 117 Å². The summed E-state index contributed by atoms with van der Waals surface area (Å²) in [5.41, 5.74) is 27.3. The smallest absolute Gasteiger partial charge is 0.0588 e. The van der Waals surface area contributed by atoms with E-state index in [0.717, 1.165) is 12.8 Å². The second-order valence-corrected chi connectivity index (χ2v) is 15.4. The molecular weight excluding hydrogens is 663 g/mol. The van der Waals surface area contributed by atoms with Crippen LogP contribution in [0.3, 0.4) is 0 Å². The number of benzene rings is 8. The van der Waals surface area contributed by atoms with E-state index in [1.807, 2.05) is 0 Å². The Morgan fingerprint density at radius 3 is 1.49 bits per heavy atom. The van der Waals surface area contributed by atoms with Gasteiger partial charge in [-0.1, -0.05) is 152 Å². The number of hydrogen-bond donors (Lipinski definition) is 0. The second-order valence-electron chi connectivity index (χ2n) is 15.4. The molecule has 1 heteroatoms. The molecule has 55 heavy (non-hydrogen) atoms. The molecule has 8 aromatic rings. The maximum absolute atomic E-state index is 2.71. The number of aryl methyl sites for hydroxylation is 3. The van der Waals surface area contributed by atoms with Crippen molar-refractivity contribution in [2.75, 3.05) is 4.90 Å². The molecule has 8 aromatic carbocycles. The van der Waals surface area contributed by atoms with Crippen LogP contribution in [0.15, 0.2) is 164 Å². The lowest BCUT2D eigenvalue weighted by Crippen LogP contribution is -2.19. The van der Waals surface area contributed by atoms with Gasteiger partial charge in [0.15, 0.2) is 0 Å². The van der Waals surface area contributed by atoms with Crippen LogP contribution < -0.4 is 4.90 Å². The van der Waals surface area contributed by atoms with Crippen LogP contribution in [0, 0.1) is 27.7 Å². The van der Waals surface area contributed by atoms with E-state index in [4.69, 9.17) is 0 Å². The molecule has 2 aliphatic rings. The number of rotatable bonds is 6. The third kappa shape index (κ3) is 5.29. The van der Waals surface area contributed by atoms with Gasteiger partial charge < -0.3 is 4.90 Å². The Bertz CT molecular complexity index is 2800.